The van der Waals surface area contributed by atoms with E-state index in [2.05, 4.69) is 10.6 Å². The summed E-state index contributed by atoms with van der Waals surface area (Å²) in [6.07, 6.45) is 6.23. The Bertz CT molecular complexity index is 922. The van der Waals surface area contributed by atoms with E-state index in [4.69, 9.17) is 5.73 Å². The fraction of sp³-hybridized carbons (Fsp3) is 0.350. The molecule has 0 atom stereocenters. The van der Waals surface area contributed by atoms with E-state index >= 15 is 0 Å². The molecular weight excluding hydrogens is 303 g/mol. The van der Waals surface area contributed by atoms with Gasteiger partial charge in [-0.15, -0.1) is 0 Å². The van der Waals surface area contributed by atoms with Crippen molar-refractivity contribution in [2.45, 2.75) is 38.6 Å². The summed E-state index contributed by atoms with van der Waals surface area (Å²) in [7, 11) is 0. The molecule has 1 amide bonds. The molecule has 123 valence electrons. The van der Waals surface area contributed by atoms with Crippen molar-refractivity contribution >= 4 is 27.7 Å². The zero-order valence-electron chi connectivity index (χ0n) is 13.5. The van der Waals surface area contributed by atoms with Crippen molar-refractivity contribution < 1.29 is 9.18 Å². The Morgan fingerprint density at radius 1 is 1.25 bits per heavy atom. The van der Waals surface area contributed by atoms with Gasteiger partial charge in [-0.1, -0.05) is 25.3 Å². The number of halogens is 1. The number of amides is 1. The standard InChI is InChI=1S/C20H20FN2O/c21-14-9-10-15-18(11-14)23(12-13-5-2-1-3-6-13)17-8-4-7-16(19(15)17)20(22)24/h4,7-9,11,13H,1-3,5-6,12H2,(H2,22,24). The molecule has 4 rings (SSSR count). The van der Waals surface area contributed by atoms with E-state index < -0.39 is 5.91 Å². The van der Waals surface area contributed by atoms with Gasteiger partial charge in [-0.25, -0.2) is 4.39 Å². The van der Waals surface area contributed by atoms with Gasteiger partial charge in [-0.3, -0.25) is 4.79 Å². The van der Waals surface area contributed by atoms with E-state index in [0.29, 0.717) is 11.5 Å². The average Bonchev–Trinajstić information content (AvgIpc) is 2.89. The molecule has 1 aliphatic rings. The van der Waals surface area contributed by atoms with E-state index in [1.165, 1.54) is 38.2 Å². The van der Waals surface area contributed by atoms with Crippen molar-refractivity contribution in [3.8, 4) is 0 Å². The summed E-state index contributed by atoms with van der Waals surface area (Å²) >= 11 is 0. The number of fused-ring (bicyclic) bond motifs is 3. The molecule has 1 saturated carbocycles. The molecule has 0 aliphatic heterocycles. The van der Waals surface area contributed by atoms with Gasteiger partial charge in [0.25, 0.3) is 0 Å². The molecule has 0 saturated heterocycles. The van der Waals surface area contributed by atoms with Gasteiger partial charge in [0.1, 0.15) is 5.82 Å². The minimum absolute atomic E-state index is 0.309. The predicted molar refractivity (Wildman–Crippen MR) is 93.3 cm³/mol. The molecule has 2 aromatic carbocycles. The second-order valence-electron chi connectivity index (χ2n) is 6.76. The zero-order valence-corrected chi connectivity index (χ0v) is 13.5. The molecule has 4 heteroatoms. The Labute approximate surface area is 140 Å². The number of hydrogen-bond acceptors (Lipinski definition) is 1. The maximum absolute atomic E-state index is 13.8. The molecule has 0 spiro atoms. The molecule has 3 nitrogen and oxygen atoms in total. The summed E-state index contributed by atoms with van der Waals surface area (Å²) in [6.45, 7) is 0.847. The highest BCUT2D eigenvalue weighted by Gasteiger charge is 2.20. The molecule has 1 aliphatic carbocycles. The predicted octanol–water partition coefficient (Wildman–Crippen LogP) is 4.41. The van der Waals surface area contributed by atoms with Crippen LogP contribution in [0.15, 0.2) is 30.3 Å². The van der Waals surface area contributed by atoms with Crippen LogP contribution in [-0.4, -0.2) is 10.5 Å². The van der Waals surface area contributed by atoms with Crippen LogP contribution >= 0.6 is 0 Å². The van der Waals surface area contributed by atoms with E-state index in [1.54, 1.807) is 12.1 Å². The first kappa shape index (κ1) is 15.2. The smallest absolute Gasteiger partial charge is 0.249 e. The van der Waals surface area contributed by atoms with Crippen molar-refractivity contribution in [3.05, 3.63) is 47.8 Å². The van der Waals surface area contributed by atoms with E-state index in [0.717, 1.165) is 28.4 Å². The van der Waals surface area contributed by atoms with Gasteiger partial charge >= 0.3 is 0 Å². The summed E-state index contributed by atoms with van der Waals surface area (Å²) in [4.78, 5) is 11.8. The highest BCUT2D eigenvalue weighted by molar-refractivity contribution is 6.17. The second-order valence-corrected chi connectivity index (χ2v) is 6.76. The molecule has 1 radical (unpaired) electrons. The lowest BCUT2D eigenvalue weighted by molar-refractivity contribution is 0.100. The van der Waals surface area contributed by atoms with Gasteiger partial charge in [0.05, 0.1) is 5.52 Å². The van der Waals surface area contributed by atoms with Crippen molar-refractivity contribution in [2.24, 2.45) is 11.7 Å². The summed E-state index contributed by atoms with van der Waals surface area (Å²) < 4.78 is 16.0. The first-order valence-electron chi connectivity index (χ1n) is 8.57. The van der Waals surface area contributed by atoms with Gasteiger partial charge in [-0.05, 0) is 49.1 Å². The number of benzene rings is 2. The number of carbonyl (C=O) groups is 1. The number of nitrogens with two attached hydrogens (primary N) is 1. The van der Waals surface area contributed by atoms with Crippen molar-refractivity contribution in [1.29, 1.82) is 0 Å². The van der Waals surface area contributed by atoms with Crippen LogP contribution in [0.25, 0.3) is 21.8 Å². The molecule has 0 bridgehead atoms. The average molecular weight is 323 g/mol. The number of nitrogens with zero attached hydrogens (tertiary/aromatic N) is 1. The molecule has 1 aromatic heterocycles. The SMILES string of the molecule is NC(=O)c1cccc2c1c1[c]cc(F)cc1n2CC1CCCCC1. The molecule has 1 heterocycles. The summed E-state index contributed by atoms with van der Waals surface area (Å²) in [6, 6.07) is 11.4. The molecule has 3 aromatic rings. The van der Waals surface area contributed by atoms with Gasteiger partial charge in [0.15, 0.2) is 0 Å². The molecule has 1 fully saturated rings. The first-order valence-corrected chi connectivity index (χ1v) is 8.57. The van der Waals surface area contributed by atoms with E-state index in [1.807, 2.05) is 12.1 Å². The van der Waals surface area contributed by atoms with Crippen LogP contribution in [0, 0.1) is 17.8 Å². The Hall–Kier alpha value is -2.36. The summed E-state index contributed by atoms with van der Waals surface area (Å²) in [5, 5.41) is 1.56. The van der Waals surface area contributed by atoms with Crippen molar-refractivity contribution in [2.75, 3.05) is 0 Å². The van der Waals surface area contributed by atoms with E-state index in [-0.39, 0.29) is 5.82 Å². The Kier molecular flexibility index (Phi) is 3.75. The number of rotatable bonds is 3. The quantitative estimate of drug-likeness (QED) is 0.762. The fourth-order valence-electron chi connectivity index (χ4n) is 4.06. The van der Waals surface area contributed by atoms with Gasteiger partial charge < -0.3 is 10.3 Å². The third-order valence-corrected chi connectivity index (χ3v) is 5.19. The van der Waals surface area contributed by atoms with Crippen molar-refractivity contribution in [3.63, 3.8) is 0 Å². The summed E-state index contributed by atoms with van der Waals surface area (Å²) in [5.74, 6) is -0.177. The van der Waals surface area contributed by atoms with Crippen LogP contribution in [0.3, 0.4) is 0 Å². The Morgan fingerprint density at radius 2 is 2.04 bits per heavy atom. The number of aromatic nitrogens is 1. The molecular formula is C20H20FN2O. The third kappa shape index (κ3) is 2.46. The van der Waals surface area contributed by atoms with Crippen LogP contribution in [0.1, 0.15) is 42.5 Å². The Morgan fingerprint density at radius 3 is 2.79 bits per heavy atom. The molecule has 2 N–H and O–H groups in total. The summed E-state index contributed by atoms with van der Waals surface area (Å²) in [5.41, 5.74) is 7.77. The van der Waals surface area contributed by atoms with Crippen LogP contribution in [0.2, 0.25) is 0 Å². The van der Waals surface area contributed by atoms with Crippen LogP contribution < -0.4 is 5.73 Å². The van der Waals surface area contributed by atoms with Crippen LogP contribution in [0.4, 0.5) is 4.39 Å². The van der Waals surface area contributed by atoms with Crippen molar-refractivity contribution in [1.82, 2.24) is 4.57 Å². The van der Waals surface area contributed by atoms with Crippen LogP contribution in [0.5, 0.6) is 0 Å². The normalized spacial score (nSPS) is 16.0. The minimum atomic E-state index is -0.463. The third-order valence-electron chi connectivity index (χ3n) is 5.19. The largest absolute Gasteiger partial charge is 0.366 e. The number of carbonyl (C=O) groups excluding carboxylic acids is 1. The zero-order chi connectivity index (χ0) is 16.7. The maximum Gasteiger partial charge on any atom is 0.249 e. The first-order chi connectivity index (χ1) is 11.6. The topological polar surface area (TPSA) is 48.0 Å². The monoisotopic (exact) mass is 323 g/mol. The molecule has 0 unspecified atom stereocenters. The Balaban J connectivity index is 1.96. The lowest BCUT2D eigenvalue weighted by atomic mass is 9.89. The van der Waals surface area contributed by atoms with E-state index in [9.17, 15) is 9.18 Å². The van der Waals surface area contributed by atoms with Gasteiger partial charge in [0, 0.05) is 28.4 Å². The lowest BCUT2D eigenvalue weighted by Gasteiger charge is -2.23. The number of primary amides is 1. The van der Waals surface area contributed by atoms with Gasteiger partial charge in [-0.2, -0.15) is 0 Å². The highest BCUT2D eigenvalue weighted by atomic mass is 19.1. The minimum Gasteiger partial charge on any atom is -0.366 e. The number of hydrogen-bond donors (Lipinski definition) is 1. The van der Waals surface area contributed by atoms with Crippen LogP contribution in [-0.2, 0) is 6.54 Å². The fourth-order valence-corrected chi connectivity index (χ4v) is 4.06. The van der Waals surface area contributed by atoms with Gasteiger partial charge in [0.2, 0.25) is 5.91 Å². The highest BCUT2D eigenvalue weighted by Crippen LogP contribution is 2.34. The lowest BCUT2D eigenvalue weighted by Crippen LogP contribution is -2.14. The second kappa shape index (κ2) is 5.93. The maximum atomic E-state index is 13.8. The molecule has 24 heavy (non-hydrogen) atoms.